The van der Waals surface area contributed by atoms with Gasteiger partial charge in [-0.2, -0.15) is 9.97 Å². The number of aryl methyl sites for hydroxylation is 1. The second-order valence-corrected chi connectivity index (χ2v) is 11.3. The Kier molecular flexibility index (Phi) is 6.80. The number of benzene rings is 3. The van der Waals surface area contributed by atoms with E-state index in [-0.39, 0.29) is 29.4 Å². The van der Waals surface area contributed by atoms with Gasteiger partial charge in [-0.3, -0.25) is 4.90 Å². The number of anilines is 1. The number of fused-ring (bicyclic) bond motifs is 3. The van der Waals surface area contributed by atoms with Gasteiger partial charge < -0.3 is 14.7 Å². The van der Waals surface area contributed by atoms with Crippen molar-refractivity contribution in [1.82, 2.24) is 14.9 Å². The molecule has 3 heterocycles. The molecule has 6 rings (SSSR count). The third-order valence-corrected chi connectivity index (χ3v) is 8.57. The number of ether oxygens (including phenoxy) is 1. The van der Waals surface area contributed by atoms with Gasteiger partial charge in [-0.1, -0.05) is 25.6 Å². The van der Waals surface area contributed by atoms with Crippen LogP contribution in [0.5, 0.6) is 11.8 Å². The lowest BCUT2D eigenvalue weighted by atomic mass is 9.89. The normalized spacial score (nSPS) is 20.6. The molecule has 0 unspecified atom stereocenters. The molecule has 3 aromatic carbocycles. The van der Waals surface area contributed by atoms with Crippen molar-refractivity contribution in [2.75, 3.05) is 38.7 Å². The van der Waals surface area contributed by atoms with Gasteiger partial charge in [0.15, 0.2) is 5.82 Å². The van der Waals surface area contributed by atoms with Crippen molar-refractivity contribution in [3.8, 4) is 22.9 Å². The van der Waals surface area contributed by atoms with Crippen LogP contribution in [0.2, 0.25) is 0 Å². The molecule has 6 nitrogen and oxygen atoms in total. The van der Waals surface area contributed by atoms with Crippen LogP contribution < -0.4 is 9.64 Å². The molecule has 4 aromatic rings. The van der Waals surface area contributed by atoms with Crippen LogP contribution in [-0.2, 0) is 6.42 Å². The van der Waals surface area contributed by atoms with Crippen molar-refractivity contribution >= 4 is 33.6 Å². The molecule has 2 fully saturated rings. The van der Waals surface area contributed by atoms with Crippen molar-refractivity contribution in [1.29, 1.82) is 0 Å². The third-order valence-electron chi connectivity index (χ3n) is 8.57. The summed E-state index contributed by atoms with van der Waals surface area (Å²) in [4.78, 5) is 13.0. The summed E-state index contributed by atoms with van der Waals surface area (Å²) >= 11 is 0. The summed E-state index contributed by atoms with van der Waals surface area (Å²) in [6.45, 7) is 7.17. The maximum atomic E-state index is 16.8. The largest absolute Gasteiger partial charge is 0.508 e. The highest BCUT2D eigenvalue weighted by molar-refractivity contribution is 6.05. The Morgan fingerprint density at radius 3 is 2.76 bits per heavy atom. The molecule has 0 aliphatic carbocycles. The molecule has 1 N–H and O–H groups in total. The Morgan fingerprint density at radius 2 is 2.02 bits per heavy atom. The van der Waals surface area contributed by atoms with Crippen LogP contribution in [0.1, 0.15) is 37.3 Å². The van der Waals surface area contributed by atoms with Crippen molar-refractivity contribution < 1.29 is 23.0 Å². The van der Waals surface area contributed by atoms with Crippen LogP contribution in [0.3, 0.4) is 0 Å². The molecule has 214 valence electrons. The Bertz CT molecular complexity index is 1690. The number of rotatable bonds is 7. The average molecular weight is 563 g/mol. The smallest absolute Gasteiger partial charge is 0.319 e. The van der Waals surface area contributed by atoms with Crippen molar-refractivity contribution in [3.05, 3.63) is 59.7 Å². The number of aromatic nitrogens is 2. The van der Waals surface area contributed by atoms with E-state index in [4.69, 9.17) is 4.74 Å². The number of nitrogens with zero attached hydrogens (tertiary/aromatic N) is 4. The minimum atomic E-state index is -0.902. The molecule has 0 saturated carbocycles. The van der Waals surface area contributed by atoms with E-state index < -0.39 is 23.3 Å². The van der Waals surface area contributed by atoms with Gasteiger partial charge in [0.25, 0.3) is 0 Å². The molecule has 2 aliphatic rings. The van der Waals surface area contributed by atoms with E-state index in [0.29, 0.717) is 58.1 Å². The zero-order valence-electron chi connectivity index (χ0n) is 23.5. The molecule has 0 bridgehead atoms. The Balaban J connectivity index is 1.55. The minimum Gasteiger partial charge on any atom is -0.508 e. The molecule has 41 heavy (non-hydrogen) atoms. The molecule has 0 spiro atoms. The van der Waals surface area contributed by atoms with Crippen LogP contribution >= 0.6 is 0 Å². The first-order valence-electron chi connectivity index (χ1n) is 14.0. The summed E-state index contributed by atoms with van der Waals surface area (Å²) in [5.74, 6) is -0.671. The van der Waals surface area contributed by atoms with Gasteiger partial charge in [0.1, 0.15) is 35.7 Å². The maximum Gasteiger partial charge on any atom is 0.319 e. The van der Waals surface area contributed by atoms with E-state index in [9.17, 15) is 13.9 Å². The van der Waals surface area contributed by atoms with Crippen LogP contribution in [0.25, 0.3) is 38.9 Å². The highest BCUT2D eigenvalue weighted by atomic mass is 19.1. The van der Waals surface area contributed by atoms with Crippen molar-refractivity contribution in [3.63, 3.8) is 0 Å². The van der Waals surface area contributed by atoms with E-state index in [2.05, 4.69) is 21.4 Å². The van der Waals surface area contributed by atoms with Crippen LogP contribution in [0.15, 0.2) is 36.9 Å². The van der Waals surface area contributed by atoms with Crippen LogP contribution in [0, 0.1) is 11.6 Å². The zero-order chi connectivity index (χ0) is 29.1. The number of hydrogen-bond acceptors (Lipinski definition) is 6. The van der Waals surface area contributed by atoms with Gasteiger partial charge in [-0.05, 0) is 77.5 Å². The monoisotopic (exact) mass is 562 g/mol. The van der Waals surface area contributed by atoms with Gasteiger partial charge in [0.2, 0.25) is 0 Å². The topological polar surface area (TPSA) is 61.7 Å². The molecule has 0 radical (unpaired) electrons. The third kappa shape index (κ3) is 4.47. The number of alkyl halides is 1. The maximum absolute atomic E-state index is 16.8. The fourth-order valence-corrected chi connectivity index (χ4v) is 6.74. The first kappa shape index (κ1) is 27.3. The first-order valence-corrected chi connectivity index (χ1v) is 14.0. The summed E-state index contributed by atoms with van der Waals surface area (Å²) in [6, 6.07) is 7.68. The van der Waals surface area contributed by atoms with E-state index >= 15 is 4.39 Å². The van der Waals surface area contributed by atoms with Gasteiger partial charge in [0.05, 0.1) is 5.54 Å². The summed E-state index contributed by atoms with van der Waals surface area (Å²) in [5, 5.41) is 12.1. The molecule has 2 atom stereocenters. The lowest BCUT2D eigenvalue weighted by molar-refractivity contribution is 0.107. The average Bonchev–Trinajstić information content (AvgIpc) is 3.47. The summed E-state index contributed by atoms with van der Waals surface area (Å²) < 4.78 is 52.1. The zero-order valence-corrected chi connectivity index (χ0v) is 23.5. The number of aromatic hydroxyl groups is 1. The molecule has 9 heteroatoms. The standard InChI is InChI=1S/C32H33F3N4O2/c1-5-18-13-24-29(28(35)27(18)23-14-21(40)12-19-8-9-25(34)22(6-2)26(19)23)36-31(37-30(24)38(3)4)41-17-32-10-7-11-39(32)16-20(33)15-32/h5,8-9,12-14,20,40H,1,6-7,10-11,15-17H2,2-4H3/t20-,32+/m1/s1. The van der Waals surface area contributed by atoms with Gasteiger partial charge in [-0.15, -0.1) is 0 Å². The fourth-order valence-electron chi connectivity index (χ4n) is 6.74. The van der Waals surface area contributed by atoms with Crippen molar-refractivity contribution in [2.45, 2.75) is 44.3 Å². The molecule has 2 aliphatic heterocycles. The van der Waals surface area contributed by atoms with Crippen LogP contribution in [0.4, 0.5) is 19.0 Å². The number of hydrogen-bond donors (Lipinski definition) is 1. The summed E-state index contributed by atoms with van der Waals surface area (Å²) in [6.07, 6.45) is 3.19. The molecular formula is C32H33F3N4O2. The van der Waals surface area contributed by atoms with Crippen molar-refractivity contribution in [2.24, 2.45) is 0 Å². The first-order chi connectivity index (χ1) is 19.7. The number of phenols is 1. The quantitative estimate of drug-likeness (QED) is 0.272. The number of halogens is 3. The van der Waals surface area contributed by atoms with Crippen LogP contribution in [-0.4, -0.2) is 65.5 Å². The Labute approximate surface area is 237 Å². The SMILES string of the molecule is C=Cc1cc2c(N(C)C)nc(OC[C@@]34CCCN3C[C@H](F)C4)nc2c(F)c1-c1cc(O)cc2ccc(F)c(CC)c12. The van der Waals surface area contributed by atoms with Gasteiger partial charge >= 0.3 is 6.01 Å². The second kappa shape index (κ2) is 10.2. The highest BCUT2D eigenvalue weighted by Gasteiger charge is 2.49. The predicted octanol–water partition coefficient (Wildman–Crippen LogP) is 6.66. The molecule has 1 aromatic heterocycles. The van der Waals surface area contributed by atoms with Gasteiger partial charge in [0, 0.05) is 38.0 Å². The molecule has 2 saturated heterocycles. The molecular weight excluding hydrogens is 529 g/mol. The van der Waals surface area contributed by atoms with E-state index in [0.717, 1.165) is 19.4 Å². The lowest BCUT2D eigenvalue weighted by Gasteiger charge is -2.31. The molecule has 0 amide bonds. The number of phenolic OH excluding ortho intramolecular Hbond substituents is 1. The van der Waals surface area contributed by atoms with Gasteiger partial charge in [-0.25, -0.2) is 13.2 Å². The van der Waals surface area contributed by atoms with E-state index in [1.807, 2.05) is 6.92 Å². The van der Waals surface area contributed by atoms with E-state index in [1.165, 1.54) is 18.2 Å². The summed E-state index contributed by atoms with van der Waals surface area (Å²) in [5.41, 5.74) is 0.997. The fraction of sp³-hybridized carbons (Fsp3) is 0.375. The lowest BCUT2D eigenvalue weighted by Crippen LogP contribution is -2.43. The van der Waals surface area contributed by atoms with E-state index in [1.54, 1.807) is 37.2 Å². The minimum absolute atomic E-state index is 0.00185. The predicted molar refractivity (Wildman–Crippen MR) is 156 cm³/mol. The summed E-state index contributed by atoms with van der Waals surface area (Å²) in [7, 11) is 3.60. The second-order valence-electron chi connectivity index (χ2n) is 11.3. The Morgan fingerprint density at radius 1 is 1.22 bits per heavy atom. The highest BCUT2D eigenvalue weighted by Crippen LogP contribution is 2.43. The Hall–Kier alpha value is -3.85.